The van der Waals surface area contributed by atoms with E-state index in [0.29, 0.717) is 6.61 Å². The Kier molecular flexibility index (Phi) is 4.38. The molecule has 0 aliphatic heterocycles. The number of ether oxygens (including phenoxy) is 1. The first-order valence-corrected chi connectivity index (χ1v) is 6.51. The fourth-order valence-corrected chi connectivity index (χ4v) is 1.86. The second-order valence-electron chi connectivity index (χ2n) is 3.84. The third-order valence-electron chi connectivity index (χ3n) is 2.51. The molecule has 0 N–H and O–H groups in total. The van der Waals surface area contributed by atoms with Crippen molar-refractivity contribution in [3.05, 3.63) is 65.7 Å². The van der Waals surface area contributed by atoms with Crippen molar-refractivity contribution in [3.8, 4) is 11.8 Å². The molecule has 1 unspecified atom stereocenters. The summed E-state index contributed by atoms with van der Waals surface area (Å²) in [6, 6.07) is 19.7. The second-order valence-corrected chi connectivity index (χ2v) is 4.75. The van der Waals surface area contributed by atoms with Crippen molar-refractivity contribution < 1.29 is 4.74 Å². The van der Waals surface area contributed by atoms with Crippen LogP contribution in [0.4, 0.5) is 0 Å². The Morgan fingerprint density at radius 1 is 1.11 bits per heavy atom. The summed E-state index contributed by atoms with van der Waals surface area (Å²) in [5.41, 5.74) is 2.03. The van der Waals surface area contributed by atoms with Crippen molar-refractivity contribution in [1.29, 1.82) is 5.26 Å². The summed E-state index contributed by atoms with van der Waals surface area (Å²) in [7, 11) is 0. The van der Waals surface area contributed by atoms with E-state index in [0.717, 1.165) is 16.9 Å². The zero-order chi connectivity index (χ0) is 12.8. The van der Waals surface area contributed by atoms with Gasteiger partial charge in [0.05, 0.1) is 6.07 Å². The maximum absolute atomic E-state index is 8.85. The molecule has 3 heteroatoms. The number of rotatable bonds is 4. The predicted octanol–water partition coefficient (Wildman–Crippen LogP) is 4.23. The molecule has 0 radical (unpaired) electrons. The van der Waals surface area contributed by atoms with Crippen molar-refractivity contribution in [2.24, 2.45) is 0 Å². The van der Waals surface area contributed by atoms with Crippen molar-refractivity contribution in [2.75, 3.05) is 0 Å². The minimum atomic E-state index is -0.294. The van der Waals surface area contributed by atoms with Gasteiger partial charge in [-0.25, -0.2) is 0 Å². The first kappa shape index (κ1) is 12.7. The van der Waals surface area contributed by atoms with Gasteiger partial charge in [-0.1, -0.05) is 58.4 Å². The van der Waals surface area contributed by atoms with Gasteiger partial charge in [0, 0.05) is 0 Å². The molecular weight excluding hydrogens is 290 g/mol. The van der Waals surface area contributed by atoms with E-state index in [1.54, 1.807) is 0 Å². The van der Waals surface area contributed by atoms with Crippen LogP contribution in [-0.4, -0.2) is 0 Å². The second kappa shape index (κ2) is 6.23. The van der Waals surface area contributed by atoms with Crippen LogP contribution in [0.3, 0.4) is 0 Å². The summed E-state index contributed by atoms with van der Waals surface area (Å²) in [5, 5.41) is 8.85. The highest BCUT2D eigenvalue weighted by Gasteiger charge is 2.06. The van der Waals surface area contributed by atoms with Crippen LogP contribution < -0.4 is 4.74 Å². The number of halogens is 1. The number of hydrogen-bond donors (Lipinski definition) is 0. The molecule has 1 atom stereocenters. The number of nitriles is 1. The SMILES string of the molecule is N#CC(Br)c1cccc(OCc2ccccc2)c1. The first-order valence-electron chi connectivity index (χ1n) is 5.60. The molecule has 0 aliphatic rings. The topological polar surface area (TPSA) is 33.0 Å². The molecule has 0 spiro atoms. The summed E-state index contributed by atoms with van der Waals surface area (Å²) in [4.78, 5) is -0.294. The van der Waals surface area contributed by atoms with Crippen LogP contribution in [0.15, 0.2) is 54.6 Å². The van der Waals surface area contributed by atoms with Crippen molar-refractivity contribution in [2.45, 2.75) is 11.4 Å². The lowest BCUT2D eigenvalue weighted by molar-refractivity contribution is 0.306. The van der Waals surface area contributed by atoms with Gasteiger partial charge in [0.1, 0.15) is 17.2 Å². The maximum atomic E-state index is 8.85. The lowest BCUT2D eigenvalue weighted by Gasteiger charge is -2.08. The van der Waals surface area contributed by atoms with Gasteiger partial charge in [-0.05, 0) is 23.3 Å². The van der Waals surface area contributed by atoms with E-state index >= 15 is 0 Å². The fourth-order valence-electron chi connectivity index (χ4n) is 1.58. The number of benzene rings is 2. The molecule has 2 aromatic carbocycles. The van der Waals surface area contributed by atoms with E-state index in [4.69, 9.17) is 10.00 Å². The van der Waals surface area contributed by atoms with Gasteiger partial charge in [-0.3, -0.25) is 0 Å². The summed E-state index contributed by atoms with van der Waals surface area (Å²) >= 11 is 3.30. The summed E-state index contributed by atoms with van der Waals surface area (Å²) in [6.07, 6.45) is 0. The highest BCUT2D eigenvalue weighted by molar-refractivity contribution is 9.09. The van der Waals surface area contributed by atoms with E-state index in [1.807, 2.05) is 54.6 Å². The summed E-state index contributed by atoms with van der Waals surface area (Å²) < 4.78 is 5.70. The van der Waals surface area contributed by atoms with Crippen LogP contribution in [0.1, 0.15) is 16.0 Å². The van der Waals surface area contributed by atoms with Crippen LogP contribution in [0.25, 0.3) is 0 Å². The van der Waals surface area contributed by atoms with E-state index in [2.05, 4.69) is 22.0 Å². The number of nitrogens with zero attached hydrogens (tertiary/aromatic N) is 1. The Morgan fingerprint density at radius 2 is 1.89 bits per heavy atom. The van der Waals surface area contributed by atoms with E-state index in [9.17, 15) is 0 Å². The van der Waals surface area contributed by atoms with Gasteiger partial charge >= 0.3 is 0 Å². The smallest absolute Gasteiger partial charge is 0.126 e. The molecule has 0 aromatic heterocycles. The van der Waals surface area contributed by atoms with Crippen LogP contribution >= 0.6 is 15.9 Å². The van der Waals surface area contributed by atoms with E-state index < -0.39 is 0 Å². The molecular formula is C15H12BrNO. The molecule has 90 valence electrons. The molecule has 2 nitrogen and oxygen atoms in total. The van der Waals surface area contributed by atoms with E-state index in [1.165, 1.54) is 0 Å². The third-order valence-corrected chi connectivity index (χ3v) is 3.25. The van der Waals surface area contributed by atoms with Crippen LogP contribution in [-0.2, 0) is 6.61 Å². The number of hydrogen-bond acceptors (Lipinski definition) is 2. The largest absolute Gasteiger partial charge is 0.489 e. The van der Waals surface area contributed by atoms with Gasteiger partial charge in [-0.2, -0.15) is 5.26 Å². The summed E-state index contributed by atoms with van der Waals surface area (Å²) in [5.74, 6) is 0.774. The maximum Gasteiger partial charge on any atom is 0.126 e. The van der Waals surface area contributed by atoms with Crippen molar-refractivity contribution in [3.63, 3.8) is 0 Å². The Labute approximate surface area is 115 Å². The monoisotopic (exact) mass is 301 g/mol. The van der Waals surface area contributed by atoms with Crippen molar-refractivity contribution in [1.82, 2.24) is 0 Å². The first-order chi connectivity index (χ1) is 8.79. The van der Waals surface area contributed by atoms with Crippen LogP contribution in [0.5, 0.6) is 5.75 Å². The minimum absolute atomic E-state index is 0.294. The molecule has 0 saturated heterocycles. The fraction of sp³-hybridized carbons (Fsp3) is 0.133. The average Bonchev–Trinajstić information content (AvgIpc) is 2.45. The summed E-state index contributed by atoms with van der Waals surface area (Å²) in [6.45, 7) is 0.532. The normalized spacial score (nSPS) is 11.6. The quantitative estimate of drug-likeness (QED) is 0.792. The molecule has 0 saturated carbocycles. The van der Waals surface area contributed by atoms with Gasteiger partial charge in [0.2, 0.25) is 0 Å². The van der Waals surface area contributed by atoms with Gasteiger partial charge in [0.15, 0.2) is 0 Å². The zero-order valence-corrected chi connectivity index (χ0v) is 11.3. The third kappa shape index (κ3) is 3.35. The van der Waals surface area contributed by atoms with Crippen LogP contribution in [0.2, 0.25) is 0 Å². The molecule has 18 heavy (non-hydrogen) atoms. The molecule has 0 aliphatic carbocycles. The molecule has 0 heterocycles. The van der Waals surface area contributed by atoms with Crippen LogP contribution in [0, 0.1) is 11.3 Å². The lowest BCUT2D eigenvalue weighted by atomic mass is 10.1. The van der Waals surface area contributed by atoms with Gasteiger partial charge in [-0.15, -0.1) is 0 Å². The molecule has 0 fully saturated rings. The molecule has 2 rings (SSSR count). The predicted molar refractivity (Wildman–Crippen MR) is 74.5 cm³/mol. The Balaban J connectivity index is 2.04. The lowest BCUT2D eigenvalue weighted by Crippen LogP contribution is -1.96. The Bertz CT molecular complexity index is 548. The van der Waals surface area contributed by atoms with Gasteiger partial charge < -0.3 is 4.74 Å². The molecule has 0 bridgehead atoms. The number of alkyl halides is 1. The average molecular weight is 302 g/mol. The molecule has 0 amide bonds. The highest BCUT2D eigenvalue weighted by Crippen LogP contribution is 2.25. The van der Waals surface area contributed by atoms with E-state index in [-0.39, 0.29) is 4.83 Å². The zero-order valence-electron chi connectivity index (χ0n) is 9.71. The standard InChI is InChI=1S/C15H12BrNO/c16-15(10-17)13-7-4-8-14(9-13)18-11-12-5-2-1-3-6-12/h1-9,15H,11H2. The molecule has 2 aromatic rings. The van der Waals surface area contributed by atoms with Gasteiger partial charge in [0.25, 0.3) is 0 Å². The highest BCUT2D eigenvalue weighted by atomic mass is 79.9. The minimum Gasteiger partial charge on any atom is -0.489 e. The van der Waals surface area contributed by atoms with Crippen molar-refractivity contribution >= 4 is 15.9 Å². The Hall–Kier alpha value is -1.79. The Morgan fingerprint density at radius 3 is 2.61 bits per heavy atom.